The largest absolute Gasteiger partial charge is 0.505 e. The lowest BCUT2D eigenvalue weighted by Crippen LogP contribution is -2.59. The summed E-state index contributed by atoms with van der Waals surface area (Å²) in [5, 5.41) is 56.5. The first-order valence-corrected chi connectivity index (χ1v) is 32.0. The monoisotopic (exact) mass is 1440 g/mol. The summed E-state index contributed by atoms with van der Waals surface area (Å²) >= 11 is 16.1. The van der Waals surface area contributed by atoms with Gasteiger partial charge in [-0.1, -0.05) is 85.6 Å². The molecule has 3 aliphatic heterocycles. The minimum Gasteiger partial charge on any atom is -0.505 e. The zero-order chi connectivity index (χ0) is 71.1. The number of fused-ring (bicyclic) bond motifs is 4. The number of ether oxygens (including phenoxy) is 6. The van der Waals surface area contributed by atoms with E-state index < -0.39 is 147 Å². The Hall–Kier alpha value is -9.34. The molecule has 9 rings (SSSR count). The summed E-state index contributed by atoms with van der Waals surface area (Å²) in [7, 11) is 6.60. The molecule has 8 N–H and O–H groups in total. The minimum atomic E-state index is -2.22. The fourth-order valence-corrected chi connectivity index (χ4v) is 12.4. The summed E-state index contributed by atoms with van der Waals surface area (Å²) in [5.41, 5.74) is 12.2. The molecule has 25 nitrogen and oxygen atoms in total. The van der Waals surface area contributed by atoms with Crippen LogP contribution in [0.3, 0.4) is 0 Å². The topological polar surface area (TPSA) is 350 Å². The number of aromatic hydroxyl groups is 2. The fraction of sp³-hybridized carbons (Fsp3) is 0.362. The predicted molar refractivity (Wildman–Crippen MR) is 355 cm³/mol. The molecule has 0 spiro atoms. The molecule has 0 radical (unpaired) electrons. The Labute approximate surface area is 577 Å². The number of benzene rings is 6. The van der Waals surface area contributed by atoms with Crippen molar-refractivity contribution in [3.63, 3.8) is 0 Å². The summed E-state index contributed by atoms with van der Waals surface area (Å²) in [5.74, 6) is -12.3. The highest BCUT2D eigenvalue weighted by atomic mass is 79.9. The number of amides is 5. The third-order valence-electron chi connectivity index (χ3n) is 16.5. The van der Waals surface area contributed by atoms with E-state index in [1.54, 1.807) is 83.1 Å². The lowest BCUT2D eigenvalue weighted by molar-refractivity contribution is -0.588. The van der Waals surface area contributed by atoms with E-state index in [9.17, 15) is 40.3 Å². The number of esters is 1. The number of halogens is 3. The van der Waals surface area contributed by atoms with Crippen molar-refractivity contribution >= 4 is 86.4 Å². The van der Waals surface area contributed by atoms with E-state index in [4.69, 9.17) is 51.6 Å². The molecule has 6 bridgehead atoms. The van der Waals surface area contributed by atoms with E-state index in [0.29, 0.717) is 33.1 Å². The Morgan fingerprint density at radius 2 is 1.23 bits per heavy atom. The summed E-state index contributed by atoms with van der Waals surface area (Å²) in [6.45, 7) is 8.34. The van der Waals surface area contributed by atoms with Gasteiger partial charge in [0.25, 0.3) is 0 Å². The van der Waals surface area contributed by atoms with Crippen molar-refractivity contribution in [2.75, 3.05) is 35.5 Å². The highest BCUT2D eigenvalue weighted by molar-refractivity contribution is 9.10. The normalized spacial score (nSPS) is 18.8. The zero-order valence-electron chi connectivity index (χ0n) is 54.4. The maximum absolute atomic E-state index is 16.2. The molecule has 6 aromatic carbocycles. The van der Waals surface area contributed by atoms with E-state index in [1.165, 1.54) is 83.0 Å². The fourth-order valence-electron chi connectivity index (χ4n) is 11.5. The maximum atomic E-state index is 16.2. The van der Waals surface area contributed by atoms with E-state index in [1.807, 2.05) is 0 Å². The number of aliphatic hydroxyl groups is 2. The van der Waals surface area contributed by atoms with Gasteiger partial charge in [-0.25, -0.2) is 4.79 Å². The first-order chi connectivity index (χ1) is 45.9. The van der Waals surface area contributed by atoms with Gasteiger partial charge in [-0.2, -0.15) is 0 Å². The molecule has 6 aromatic rings. The lowest BCUT2D eigenvalue weighted by atomic mass is 9.81. The number of likely N-dealkylation sites (N-methyl/N-ethyl adjacent to an activating group) is 1. The molecule has 0 aromatic heterocycles. The van der Waals surface area contributed by atoms with E-state index in [2.05, 4.69) is 37.2 Å². The van der Waals surface area contributed by atoms with Gasteiger partial charge in [0.05, 0.1) is 61.5 Å². The van der Waals surface area contributed by atoms with Gasteiger partial charge in [-0.15, -0.1) is 0 Å². The van der Waals surface area contributed by atoms with Gasteiger partial charge in [0, 0.05) is 7.05 Å². The van der Waals surface area contributed by atoms with Crippen molar-refractivity contribution in [1.82, 2.24) is 26.2 Å². The number of ketones is 2. The Kier molecular flexibility index (Phi) is 23.7. The van der Waals surface area contributed by atoms with Crippen LogP contribution < -0.4 is 40.2 Å². The van der Waals surface area contributed by atoms with Crippen LogP contribution in [0.25, 0.3) is 5.53 Å². The number of phenolic OH excluding ortho intramolecular Hbond substituents is 2. The second-order valence-electron chi connectivity index (χ2n) is 24.6. The van der Waals surface area contributed by atoms with Gasteiger partial charge in [-0.05, 0) is 155 Å². The Morgan fingerprint density at radius 3 is 1.74 bits per heavy atom. The average Bonchev–Trinajstić information content (AvgIpc) is 1.59. The molecule has 5 amide bonds. The van der Waals surface area contributed by atoms with Crippen LogP contribution in [-0.2, 0) is 43.0 Å². The van der Waals surface area contributed by atoms with Crippen LogP contribution in [0.15, 0.2) is 126 Å². The molecule has 1 fully saturated rings. The summed E-state index contributed by atoms with van der Waals surface area (Å²) in [6, 6.07) is 15.8. The second-order valence-corrected chi connectivity index (χ2v) is 26.3. The van der Waals surface area contributed by atoms with Crippen molar-refractivity contribution in [2.24, 2.45) is 11.8 Å². The Morgan fingerprint density at radius 1 is 0.691 bits per heavy atom. The SMILES string of the molecule is COC(=O)[C@H]1C2C(=O)[C@H](c3ccc(OC)cc3)C(C(=O)[C@H](NC(=O)[C@H](CC(=O)NC(c3ccc(OC)cc3)c3ccc(OC)cc3)NC(=O)[C@H](NC(=O)[C@@H](CC(C)C)N(C)C(=O)OC(C)(C)C)[C@H](O)c3cc(Cl)c(O)c(Cl)c3)c3cc(Br)c(O)c(c3)Oc3ccc(cc3)[C@@H]1O)[N+]2=[N-]. The van der Waals surface area contributed by atoms with Crippen molar-refractivity contribution in [1.29, 1.82) is 0 Å². The van der Waals surface area contributed by atoms with Gasteiger partial charge in [0.2, 0.25) is 47.3 Å². The molecular formula is C69H74BrCl2N7O18. The van der Waals surface area contributed by atoms with E-state index in [0.717, 1.165) is 30.2 Å². The number of hydrogen-bond acceptors (Lipinski definition) is 18. The van der Waals surface area contributed by atoms with E-state index in [-0.39, 0.29) is 50.6 Å². The number of carbonyl (C=O) groups excluding carboxylic acids is 8. The molecule has 3 aliphatic rings. The van der Waals surface area contributed by atoms with Crippen LogP contribution >= 0.6 is 39.1 Å². The molecule has 1 saturated heterocycles. The zero-order valence-corrected chi connectivity index (χ0v) is 57.5. The number of aliphatic hydroxyl groups excluding tert-OH is 2. The number of methoxy groups -OCH3 is 4. The molecule has 97 heavy (non-hydrogen) atoms. The van der Waals surface area contributed by atoms with Crippen molar-refractivity contribution < 1.29 is 91.9 Å². The third-order valence-corrected chi connectivity index (χ3v) is 17.6. The van der Waals surface area contributed by atoms with Crippen LogP contribution in [0.1, 0.15) is 111 Å². The molecule has 0 aliphatic carbocycles. The van der Waals surface area contributed by atoms with Crippen LogP contribution in [0.4, 0.5) is 4.79 Å². The Bertz CT molecular complexity index is 3880. The van der Waals surface area contributed by atoms with Crippen LogP contribution in [0, 0.1) is 11.8 Å². The number of nitrogens with zero attached hydrogens (tertiary/aromatic N) is 3. The van der Waals surface area contributed by atoms with Gasteiger partial charge >= 0.3 is 12.1 Å². The number of Topliss-reactive ketones (excluding diaryl/α,β-unsaturated/α-hetero) is 2. The summed E-state index contributed by atoms with van der Waals surface area (Å²) in [4.78, 5) is 122. The molecule has 514 valence electrons. The molecule has 28 heteroatoms. The van der Waals surface area contributed by atoms with Crippen molar-refractivity contribution in [3.8, 4) is 40.2 Å². The average molecular weight is 1440 g/mol. The van der Waals surface area contributed by atoms with Gasteiger partial charge in [0.15, 0.2) is 23.2 Å². The minimum absolute atomic E-state index is 0.0247. The summed E-state index contributed by atoms with van der Waals surface area (Å²) in [6.07, 6.45) is -6.10. The van der Waals surface area contributed by atoms with Crippen LogP contribution in [-0.4, -0.2) is 149 Å². The van der Waals surface area contributed by atoms with E-state index >= 15 is 24.0 Å². The number of phenols is 2. The molecule has 3 heterocycles. The second kappa shape index (κ2) is 31.2. The van der Waals surface area contributed by atoms with Crippen LogP contribution in [0.5, 0.6) is 40.2 Å². The highest BCUT2D eigenvalue weighted by Gasteiger charge is 2.61. The predicted octanol–water partition coefficient (Wildman–Crippen LogP) is 8.97. The first kappa shape index (κ1) is 73.5. The van der Waals surface area contributed by atoms with Crippen molar-refractivity contribution in [3.05, 3.63) is 175 Å². The smallest absolute Gasteiger partial charge is 0.410 e. The number of nitrogens with one attached hydrogen (secondary N) is 4. The summed E-state index contributed by atoms with van der Waals surface area (Å²) < 4.78 is 33.3. The third kappa shape index (κ3) is 16.9. The molecule has 2 unspecified atom stereocenters. The molecule has 0 saturated carbocycles. The first-order valence-electron chi connectivity index (χ1n) is 30.4. The lowest BCUT2D eigenvalue weighted by Gasteiger charge is -2.33. The standard InChI is InChI=1S/C69H74BrCl2N7O18/c1-33(2)27-48(78(6)68(91)97-69(3,4)5)65(88)77-55(59(82)39-29-45(71)61(84)46(72)30-39)66(89)74-47(32-50(80)75-53(35-13-21-41(93-8)22-14-35)36-15-23-42(94-9)24-16-36)64(87)76-54-38-28-44(70)60(83)49(31-38)96-43-25-17-37(18-26-43)58(81)52(67(90)95-10)57-62(85)51(56(63(54)86)79(57)73)34-11-19-40(92-7)20-12-34/h11-26,28-31,33,47-48,51-59,81-84H,27,32H2,1-10H3,(H,74,89)(H,75,80)(H,76,87)(H,77,88)/t47-,48+,51+,52-,54+,55+,56?,57?,58-,59+/m0/s1. The quantitative estimate of drug-likeness (QED) is 0.0246. The molecular weight excluding hydrogens is 1370 g/mol. The highest BCUT2D eigenvalue weighted by Crippen LogP contribution is 2.45. The number of hydrogen-bond donors (Lipinski definition) is 8. The number of rotatable bonds is 21. The van der Waals surface area contributed by atoms with Gasteiger partial charge in [0.1, 0.15) is 64.8 Å². The van der Waals surface area contributed by atoms with Crippen molar-refractivity contribution in [2.45, 2.75) is 113 Å². The van der Waals surface area contributed by atoms with Crippen LogP contribution in [0.2, 0.25) is 10.0 Å². The Balaban J connectivity index is 1.31. The van der Waals surface area contributed by atoms with Gasteiger partial charge < -0.3 is 80.3 Å². The maximum Gasteiger partial charge on any atom is 0.410 e. The number of carbonyl (C=O) groups is 8. The molecule has 10 atom stereocenters. The van der Waals surface area contributed by atoms with Gasteiger partial charge in [-0.3, -0.25) is 38.5 Å².